The molecule has 412 valence electrons. The van der Waals surface area contributed by atoms with Crippen LogP contribution in [0.4, 0.5) is 55.3 Å². The number of carbonyl (C=O) groups excluding carboxylic acids is 6. The van der Waals surface area contributed by atoms with Crippen LogP contribution >= 0.6 is 23.2 Å². The molecule has 2 unspecified atom stereocenters. The van der Waals surface area contributed by atoms with E-state index < -0.39 is 65.2 Å². The molecule has 2 aliphatic carbocycles. The molecular formula is C46H48Cl2F6N14O9. The molecule has 2 fully saturated rings. The summed E-state index contributed by atoms with van der Waals surface area (Å²) in [6.07, 6.45) is -4.92. The monoisotopic (exact) mass is 1120 g/mol. The van der Waals surface area contributed by atoms with Gasteiger partial charge in [0, 0.05) is 24.0 Å². The molecule has 9 rings (SSSR count). The molecule has 0 spiro atoms. The number of hydrogen-bond donors (Lipinski definition) is 8. The largest absolute Gasteiger partial charge is 0.395 e. The number of nitrogens with zero attached hydrogens (tertiary/aromatic N) is 6. The fourth-order valence-corrected chi connectivity index (χ4v) is 7.33. The minimum atomic E-state index is -4.60. The molecule has 4 aliphatic rings. The van der Waals surface area contributed by atoms with Gasteiger partial charge in [0.15, 0.2) is 0 Å². The van der Waals surface area contributed by atoms with Gasteiger partial charge in [0.1, 0.15) is 92.3 Å². The van der Waals surface area contributed by atoms with Crippen molar-refractivity contribution in [1.82, 2.24) is 44.7 Å². The quantitative estimate of drug-likeness (QED) is 0.0802. The molecule has 0 aromatic carbocycles. The summed E-state index contributed by atoms with van der Waals surface area (Å²) in [6.45, 7) is 5.76. The molecule has 0 saturated heterocycles. The van der Waals surface area contributed by atoms with E-state index in [1.165, 1.54) is 53.6 Å². The summed E-state index contributed by atoms with van der Waals surface area (Å²) in [7, 11) is 0. The molecule has 10 N–H and O–H groups in total. The lowest BCUT2D eigenvalue weighted by atomic mass is 10.1. The van der Waals surface area contributed by atoms with Crippen LogP contribution in [0.15, 0.2) is 75.6 Å². The van der Waals surface area contributed by atoms with Crippen LogP contribution in [0.1, 0.15) is 104 Å². The topological polar surface area (TPSA) is 343 Å². The lowest BCUT2D eigenvalue weighted by molar-refractivity contribution is -0.155. The Morgan fingerprint density at radius 3 is 1.66 bits per heavy atom. The molecule has 2 aliphatic heterocycles. The zero-order valence-corrected chi connectivity index (χ0v) is 42.4. The number of ketones is 1. The van der Waals surface area contributed by atoms with Gasteiger partial charge in [-0.05, 0) is 89.3 Å². The molecule has 2 saturated carbocycles. The van der Waals surface area contributed by atoms with Crippen molar-refractivity contribution in [3.63, 3.8) is 0 Å². The second-order valence-electron chi connectivity index (χ2n) is 17.8. The maximum absolute atomic E-state index is 13.0. The van der Waals surface area contributed by atoms with Gasteiger partial charge in [0.05, 0.1) is 6.42 Å². The third-order valence-electron chi connectivity index (χ3n) is 11.2. The summed E-state index contributed by atoms with van der Waals surface area (Å²) >= 11 is 11.1. The van der Waals surface area contributed by atoms with Gasteiger partial charge < -0.3 is 43.0 Å². The number of aromatic nitrogens is 7. The minimum absolute atomic E-state index is 0.0260. The van der Waals surface area contributed by atoms with Gasteiger partial charge in [-0.3, -0.25) is 52.3 Å². The van der Waals surface area contributed by atoms with Crippen LogP contribution in [0.25, 0.3) is 0 Å². The molecule has 23 nitrogen and oxygen atoms in total. The highest BCUT2D eigenvalue weighted by molar-refractivity contribution is 6.30. The van der Waals surface area contributed by atoms with E-state index in [1.807, 2.05) is 6.92 Å². The molecule has 77 heavy (non-hydrogen) atoms. The Labute approximate surface area is 440 Å². The van der Waals surface area contributed by atoms with E-state index >= 15 is 0 Å². The van der Waals surface area contributed by atoms with Crippen molar-refractivity contribution in [2.24, 2.45) is 17.6 Å². The smallest absolute Gasteiger partial charge is 0.384 e. The first-order valence-corrected chi connectivity index (χ1v) is 23.5. The average molecular weight is 1130 g/mol. The van der Waals surface area contributed by atoms with Gasteiger partial charge in [-0.2, -0.15) is 26.3 Å². The number of anilines is 5. The minimum Gasteiger partial charge on any atom is -0.384 e. The highest BCUT2D eigenvalue weighted by Crippen LogP contribution is 2.35. The highest BCUT2D eigenvalue weighted by atomic mass is 35.5. The Balaban J connectivity index is 0.000000195. The number of halogens is 8. The Kier molecular flexibility index (Phi) is 18.8. The van der Waals surface area contributed by atoms with Crippen molar-refractivity contribution in [1.29, 1.82) is 0 Å². The molecule has 2 atom stereocenters. The van der Waals surface area contributed by atoms with Crippen LogP contribution in [0, 0.1) is 11.8 Å². The Morgan fingerprint density at radius 2 is 1.19 bits per heavy atom. The molecule has 0 radical (unpaired) electrons. The Hall–Kier alpha value is -8.21. The van der Waals surface area contributed by atoms with E-state index in [0.717, 1.165) is 44.1 Å². The first-order valence-electron chi connectivity index (χ1n) is 22.8. The number of pyridine rings is 3. The molecule has 5 aromatic heterocycles. The first-order chi connectivity index (χ1) is 35.8. The number of alkyl halides is 6. The normalized spacial score (nSPS) is 17.8. The van der Waals surface area contributed by atoms with Gasteiger partial charge in [0.25, 0.3) is 34.4 Å². The van der Waals surface area contributed by atoms with Gasteiger partial charge in [-0.1, -0.05) is 30.1 Å². The molecular weight excluding hydrogens is 1080 g/mol. The van der Waals surface area contributed by atoms with Crippen molar-refractivity contribution in [3.05, 3.63) is 119 Å². The number of nitrogens with one attached hydrogen (secondary N) is 6. The van der Waals surface area contributed by atoms with E-state index in [0.29, 0.717) is 23.8 Å². The Morgan fingerprint density at radius 1 is 0.701 bits per heavy atom. The molecule has 0 bridgehead atoms. The van der Waals surface area contributed by atoms with Gasteiger partial charge in [-0.25, -0.2) is 19.9 Å². The molecule has 5 aromatic rings. The predicted octanol–water partition coefficient (Wildman–Crippen LogP) is 5.49. The summed E-state index contributed by atoms with van der Waals surface area (Å²) in [5.41, 5.74) is 6.22. The van der Waals surface area contributed by atoms with E-state index in [4.69, 9.17) is 34.7 Å². The average Bonchev–Trinajstić information content (AvgIpc) is 4.27. The highest BCUT2D eigenvalue weighted by Gasteiger charge is 2.48. The number of rotatable bonds is 10. The fourth-order valence-electron chi connectivity index (χ4n) is 7.07. The van der Waals surface area contributed by atoms with Crippen molar-refractivity contribution in [2.75, 3.05) is 21.7 Å². The van der Waals surface area contributed by atoms with Crippen molar-refractivity contribution < 1.29 is 55.1 Å². The molecule has 7 heterocycles. The van der Waals surface area contributed by atoms with Crippen LogP contribution < -0.4 is 54.7 Å². The zero-order chi connectivity index (χ0) is 57.4. The fraction of sp³-hybridized carbons (Fsp3) is 0.370. The lowest BCUT2D eigenvalue weighted by Gasteiger charge is -2.28. The summed E-state index contributed by atoms with van der Waals surface area (Å²) in [6, 6.07) is 11.2. The summed E-state index contributed by atoms with van der Waals surface area (Å²) in [5.74, 6) is -1.30. The number of hydrogen-bond acceptors (Lipinski definition) is 15. The number of H-pyrrole nitrogens is 1. The number of carbonyl (C=O) groups is 6. The van der Waals surface area contributed by atoms with Crippen molar-refractivity contribution >= 4 is 87.5 Å². The third-order valence-corrected chi connectivity index (χ3v) is 11.7. The summed E-state index contributed by atoms with van der Waals surface area (Å²) in [5, 5.41) is 13.2. The molecule has 31 heteroatoms. The van der Waals surface area contributed by atoms with Gasteiger partial charge in [0.2, 0.25) is 11.8 Å². The second-order valence-corrected chi connectivity index (χ2v) is 18.6. The third kappa shape index (κ3) is 16.6. The number of nitrogens with two attached hydrogens (primary N) is 2. The number of nitrogen functional groups attached to an aromatic ring is 1. The second kappa shape index (κ2) is 24.2. The maximum Gasteiger partial charge on any atom is 0.395 e. The van der Waals surface area contributed by atoms with Crippen LogP contribution in [0.3, 0.4) is 0 Å². The van der Waals surface area contributed by atoms with E-state index in [1.54, 1.807) is 19.1 Å². The van der Waals surface area contributed by atoms with Crippen LogP contribution in [-0.4, -0.2) is 81.7 Å². The standard InChI is InChI=1S/C18H17F3N6O3.C10H11ClN2O2.C8H10N4O.C6H5ClN2O2.C4H5F3O/c1-17(7-18(19,20)21)26-15(29)11-5-4-10(16(30)27(11)17)24-12-6-13(23-8-22-12)25-14(28)9-2-3-9;1-3-10(2)12-8(14)7-5-4-6(11)9(15)13(7)10;9-6-3-7(11-4-10-6)12-8(13)5-1-2-5;7-3-1-2-4(5(8)10)9-6(3)11;1-3(8)2-4(5,6)7/h4-6,8-9H,2-3,7H2,1H3,(H,26,29)(H2,22,23,24,25,28);4-5H,3H2,1-2H3,(H,12,14);3-5H,1-2H2,(H3,9,10,11,12,13);1-2H,(H2,8,10)(H,9,11);2H2,1H3. The van der Waals surface area contributed by atoms with Gasteiger partial charge in [-0.15, -0.1) is 0 Å². The SMILES string of the molecule is CC(=O)CC(F)(F)F.CC1(CC(F)(F)F)NC(=O)c2ccc(Nc3cc(NC(=O)C4CC4)ncn3)c(=O)n21.CCC1(C)NC(=O)c2ccc(Cl)c(=O)n21.NC(=O)c1ccc(Cl)c(=O)[nH]1.Nc1cc(NC(=O)C2CC2)ncn1. The van der Waals surface area contributed by atoms with E-state index in [-0.39, 0.29) is 73.9 Å². The van der Waals surface area contributed by atoms with Crippen molar-refractivity contribution in [3.8, 4) is 0 Å². The number of primary amides is 1. The van der Waals surface area contributed by atoms with Crippen molar-refractivity contribution in [2.45, 2.75) is 96.3 Å². The Bertz CT molecular complexity index is 3270. The van der Waals surface area contributed by atoms with E-state index in [9.17, 15) is 69.5 Å². The lowest BCUT2D eigenvalue weighted by Crippen LogP contribution is -2.47. The number of Topliss-reactive ketones (excluding diaryl/α,β-unsaturated/α-hetero) is 1. The van der Waals surface area contributed by atoms with Crippen LogP contribution in [-0.2, 0) is 25.7 Å². The predicted molar refractivity (Wildman–Crippen MR) is 266 cm³/mol. The first kappa shape index (κ1) is 59.7. The number of amides is 5. The van der Waals surface area contributed by atoms with E-state index in [2.05, 4.69) is 51.5 Å². The molecule has 5 amide bonds. The summed E-state index contributed by atoms with van der Waals surface area (Å²) < 4.78 is 74.6. The zero-order valence-electron chi connectivity index (χ0n) is 40.9. The number of fused-ring (bicyclic) bond motifs is 2. The van der Waals surface area contributed by atoms with Crippen LogP contribution in [0.5, 0.6) is 0 Å². The van der Waals surface area contributed by atoms with Crippen LogP contribution in [0.2, 0.25) is 10.0 Å². The summed E-state index contributed by atoms with van der Waals surface area (Å²) in [4.78, 5) is 120. The maximum atomic E-state index is 13.0. The van der Waals surface area contributed by atoms with Gasteiger partial charge >= 0.3 is 12.4 Å². The number of aromatic amines is 1.